The minimum absolute atomic E-state index is 0.717. The molecule has 0 unspecified atom stereocenters. The molecule has 20 heavy (non-hydrogen) atoms. The number of hydrogen-bond acceptors (Lipinski definition) is 2. The second-order valence-electron chi connectivity index (χ2n) is 5.08. The molecule has 0 atom stereocenters. The van der Waals surface area contributed by atoms with Gasteiger partial charge in [-0.15, -0.1) is 6.58 Å². The van der Waals surface area contributed by atoms with E-state index in [0.29, 0.717) is 6.54 Å². The molecular formula is C16H24N4. The second-order valence-corrected chi connectivity index (χ2v) is 5.08. The highest BCUT2D eigenvalue weighted by Crippen LogP contribution is 2.26. The molecule has 1 aliphatic heterocycles. The molecule has 2 rings (SSSR count). The van der Waals surface area contributed by atoms with Gasteiger partial charge in [0.15, 0.2) is 5.96 Å². The molecular weight excluding hydrogens is 248 g/mol. The molecule has 1 heterocycles. The van der Waals surface area contributed by atoms with E-state index >= 15 is 0 Å². The zero-order valence-corrected chi connectivity index (χ0v) is 12.4. The van der Waals surface area contributed by atoms with Crippen molar-refractivity contribution >= 4 is 11.6 Å². The first-order valence-corrected chi connectivity index (χ1v) is 7.13. The Morgan fingerprint density at radius 3 is 3.05 bits per heavy atom. The minimum Gasteiger partial charge on any atom is -0.374 e. The van der Waals surface area contributed by atoms with E-state index in [1.807, 2.05) is 6.08 Å². The lowest BCUT2D eigenvalue weighted by Gasteiger charge is -2.28. The number of anilines is 1. The van der Waals surface area contributed by atoms with Gasteiger partial charge in [0, 0.05) is 39.4 Å². The van der Waals surface area contributed by atoms with Crippen molar-refractivity contribution in [3.8, 4) is 0 Å². The van der Waals surface area contributed by atoms with Gasteiger partial charge in [-0.25, -0.2) is 0 Å². The molecule has 0 amide bonds. The number of benzene rings is 1. The third-order valence-corrected chi connectivity index (χ3v) is 3.59. The fraction of sp³-hybridized carbons (Fsp3) is 0.438. The summed E-state index contributed by atoms with van der Waals surface area (Å²) in [5, 5.41) is 6.49. The molecule has 4 nitrogen and oxygen atoms in total. The van der Waals surface area contributed by atoms with Crippen molar-refractivity contribution in [1.82, 2.24) is 10.6 Å². The van der Waals surface area contributed by atoms with E-state index in [-0.39, 0.29) is 0 Å². The molecule has 0 aliphatic carbocycles. The number of aliphatic imine (C=N–C) groups is 1. The van der Waals surface area contributed by atoms with Crippen LogP contribution in [0.5, 0.6) is 0 Å². The molecule has 0 spiro atoms. The second kappa shape index (κ2) is 6.98. The van der Waals surface area contributed by atoms with Crippen LogP contribution < -0.4 is 15.5 Å². The van der Waals surface area contributed by atoms with E-state index < -0.39 is 0 Å². The van der Waals surface area contributed by atoms with Gasteiger partial charge in [-0.1, -0.05) is 18.2 Å². The van der Waals surface area contributed by atoms with Crippen LogP contribution in [0, 0.1) is 0 Å². The summed E-state index contributed by atoms with van der Waals surface area (Å²) < 4.78 is 0. The van der Waals surface area contributed by atoms with Crippen LogP contribution in [-0.2, 0) is 13.0 Å². The molecule has 0 saturated heterocycles. The van der Waals surface area contributed by atoms with Gasteiger partial charge in [-0.05, 0) is 30.0 Å². The van der Waals surface area contributed by atoms with Crippen molar-refractivity contribution in [3.05, 3.63) is 42.0 Å². The number of nitrogens with one attached hydrogen (secondary N) is 2. The lowest BCUT2D eigenvalue weighted by Crippen LogP contribution is -2.36. The molecule has 2 N–H and O–H groups in total. The fourth-order valence-electron chi connectivity index (χ4n) is 2.52. The Balaban J connectivity index is 1.98. The first-order valence-electron chi connectivity index (χ1n) is 7.13. The van der Waals surface area contributed by atoms with Crippen LogP contribution in [0.25, 0.3) is 0 Å². The molecule has 0 bridgehead atoms. The van der Waals surface area contributed by atoms with Crippen molar-refractivity contribution in [3.63, 3.8) is 0 Å². The predicted molar refractivity (Wildman–Crippen MR) is 86.4 cm³/mol. The normalized spacial score (nSPS) is 14.7. The van der Waals surface area contributed by atoms with E-state index in [0.717, 1.165) is 19.0 Å². The molecule has 0 fully saturated rings. The average molecular weight is 272 g/mol. The Kier molecular flexibility index (Phi) is 5.04. The van der Waals surface area contributed by atoms with E-state index in [4.69, 9.17) is 0 Å². The highest BCUT2D eigenvalue weighted by Gasteiger charge is 2.13. The molecule has 1 aromatic rings. The summed E-state index contributed by atoms with van der Waals surface area (Å²) in [5.41, 5.74) is 4.11. The lowest BCUT2D eigenvalue weighted by molar-refractivity contribution is 0.741. The van der Waals surface area contributed by atoms with Crippen LogP contribution in [0.4, 0.5) is 5.69 Å². The smallest absolute Gasteiger partial charge is 0.191 e. The standard InChI is InChI=1S/C16H24N4/c1-4-9-18-16(17-2)19-12-13-7-8-15-14(11-13)6-5-10-20(15)3/h4,7-8,11H,1,5-6,9-10,12H2,2-3H3,(H2,17,18,19). The summed E-state index contributed by atoms with van der Waals surface area (Å²) in [5.74, 6) is 0.805. The first kappa shape index (κ1) is 14.4. The van der Waals surface area contributed by atoms with Gasteiger partial charge >= 0.3 is 0 Å². The average Bonchev–Trinajstić information content (AvgIpc) is 2.47. The first-order chi connectivity index (χ1) is 9.74. The Hall–Kier alpha value is -1.97. The summed E-state index contributed by atoms with van der Waals surface area (Å²) in [6.45, 7) is 6.35. The van der Waals surface area contributed by atoms with Crippen LogP contribution in [-0.4, -0.2) is 33.1 Å². The topological polar surface area (TPSA) is 39.7 Å². The van der Waals surface area contributed by atoms with Gasteiger partial charge in [-0.2, -0.15) is 0 Å². The molecule has 0 saturated carbocycles. The zero-order valence-electron chi connectivity index (χ0n) is 12.4. The van der Waals surface area contributed by atoms with E-state index in [1.54, 1.807) is 7.05 Å². The maximum absolute atomic E-state index is 4.18. The third-order valence-electron chi connectivity index (χ3n) is 3.59. The van der Waals surface area contributed by atoms with Gasteiger partial charge in [-0.3, -0.25) is 4.99 Å². The van der Waals surface area contributed by atoms with Crippen LogP contribution in [0.3, 0.4) is 0 Å². The molecule has 1 aliphatic rings. The van der Waals surface area contributed by atoms with Gasteiger partial charge in [0.2, 0.25) is 0 Å². The van der Waals surface area contributed by atoms with Crippen molar-refractivity contribution in [2.45, 2.75) is 19.4 Å². The zero-order chi connectivity index (χ0) is 14.4. The number of fused-ring (bicyclic) bond motifs is 1. The highest BCUT2D eigenvalue weighted by molar-refractivity contribution is 5.79. The quantitative estimate of drug-likeness (QED) is 0.500. The van der Waals surface area contributed by atoms with Gasteiger partial charge in [0.25, 0.3) is 0 Å². The largest absolute Gasteiger partial charge is 0.374 e. The van der Waals surface area contributed by atoms with Crippen LogP contribution in [0.1, 0.15) is 17.5 Å². The Bertz CT molecular complexity index is 493. The lowest BCUT2D eigenvalue weighted by atomic mass is 9.99. The Labute approximate surface area is 121 Å². The fourth-order valence-corrected chi connectivity index (χ4v) is 2.52. The van der Waals surface area contributed by atoms with Gasteiger partial charge in [0.05, 0.1) is 0 Å². The SMILES string of the molecule is C=CCNC(=NC)NCc1ccc2c(c1)CCCN2C. The van der Waals surface area contributed by atoms with Gasteiger partial charge in [0.1, 0.15) is 0 Å². The highest BCUT2D eigenvalue weighted by atomic mass is 15.2. The monoisotopic (exact) mass is 272 g/mol. The number of hydrogen-bond donors (Lipinski definition) is 2. The molecule has 0 aromatic heterocycles. The van der Waals surface area contributed by atoms with Crippen LogP contribution in [0.15, 0.2) is 35.8 Å². The Morgan fingerprint density at radius 2 is 2.30 bits per heavy atom. The minimum atomic E-state index is 0.717. The number of guanidine groups is 1. The summed E-state index contributed by atoms with van der Waals surface area (Å²) in [6, 6.07) is 6.72. The summed E-state index contributed by atoms with van der Waals surface area (Å²) in [6.07, 6.45) is 4.24. The Morgan fingerprint density at radius 1 is 1.45 bits per heavy atom. The van der Waals surface area contributed by atoms with Crippen LogP contribution >= 0.6 is 0 Å². The number of rotatable bonds is 4. The summed E-state index contributed by atoms with van der Waals surface area (Å²) >= 11 is 0. The number of aryl methyl sites for hydroxylation is 1. The summed E-state index contributed by atoms with van der Waals surface area (Å²) in [7, 11) is 3.94. The van der Waals surface area contributed by atoms with Crippen molar-refractivity contribution in [2.75, 3.05) is 32.1 Å². The summed E-state index contributed by atoms with van der Waals surface area (Å²) in [4.78, 5) is 6.51. The van der Waals surface area contributed by atoms with E-state index in [1.165, 1.54) is 29.7 Å². The third kappa shape index (κ3) is 3.53. The van der Waals surface area contributed by atoms with E-state index in [9.17, 15) is 0 Å². The molecule has 1 aromatic carbocycles. The van der Waals surface area contributed by atoms with Gasteiger partial charge < -0.3 is 15.5 Å². The maximum Gasteiger partial charge on any atom is 0.191 e. The molecule has 4 heteroatoms. The van der Waals surface area contributed by atoms with Crippen molar-refractivity contribution in [2.24, 2.45) is 4.99 Å². The molecule has 0 radical (unpaired) electrons. The van der Waals surface area contributed by atoms with Crippen molar-refractivity contribution in [1.29, 1.82) is 0 Å². The van der Waals surface area contributed by atoms with Crippen molar-refractivity contribution < 1.29 is 0 Å². The maximum atomic E-state index is 4.18. The van der Waals surface area contributed by atoms with Crippen LogP contribution in [0.2, 0.25) is 0 Å². The molecule has 108 valence electrons. The predicted octanol–water partition coefficient (Wildman–Crippen LogP) is 1.92. The van der Waals surface area contributed by atoms with E-state index in [2.05, 4.69) is 52.4 Å². The number of nitrogens with zero attached hydrogens (tertiary/aromatic N) is 2.